The van der Waals surface area contributed by atoms with Gasteiger partial charge in [-0.2, -0.15) is 0 Å². The lowest BCUT2D eigenvalue weighted by atomic mass is 9.89. The highest BCUT2D eigenvalue weighted by Crippen LogP contribution is 2.38. The number of aryl methyl sites for hydroxylation is 1. The lowest BCUT2D eigenvalue weighted by Crippen LogP contribution is -2.34. The molecule has 1 heterocycles. The number of nitrogens with zero attached hydrogens (tertiary/aromatic N) is 1. The first-order chi connectivity index (χ1) is 15.9. The second-order valence-corrected chi connectivity index (χ2v) is 10.8. The highest BCUT2D eigenvalue weighted by Gasteiger charge is 2.36. The molecule has 2 fully saturated rings. The molecule has 0 aromatic heterocycles. The molecule has 174 valence electrons. The number of carbonyl (C=O) groups is 2. The van der Waals surface area contributed by atoms with E-state index in [4.69, 9.17) is 9.47 Å². The number of rotatable bonds is 7. The standard InChI is InChI=1S/C26H28INO4S/c1-17-7-6-10-19(11-17)16-32-24-21(27)12-20(13-22(24)31-2)14-23-25(29)28(26(30)33-23)15-18-8-4-3-5-9-18/h6-7,10-14,18H,3-5,8-9,15-16H2,1-2H3/b23-14+. The maximum Gasteiger partial charge on any atom is 0.293 e. The number of hydrogen-bond acceptors (Lipinski definition) is 5. The Balaban J connectivity index is 1.50. The summed E-state index contributed by atoms with van der Waals surface area (Å²) in [6.45, 7) is 3.03. The second kappa shape index (κ2) is 11.0. The van der Waals surface area contributed by atoms with E-state index in [9.17, 15) is 9.59 Å². The van der Waals surface area contributed by atoms with Crippen molar-refractivity contribution in [2.45, 2.75) is 45.6 Å². The minimum absolute atomic E-state index is 0.170. The number of benzene rings is 2. The van der Waals surface area contributed by atoms with Crippen LogP contribution < -0.4 is 9.47 Å². The molecule has 4 rings (SSSR count). The summed E-state index contributed by atoms with van der Waals surface area (Å²) in [7, 11) is 1.60. The topological polar surface area (TPSA) is 55.8 Å². The average molecular weight is 577 g/mol. The van der Waals surface area contributed by atoms with Crippen LogP contribution in [0.25, 0.3) is 6.08 Å². The third-order valence-electron chi connectivity index (χ3n) is 6.05. The zero-order valence-electron chi connectivity index (χ0n) is 18.9. The number of halogens is 1. The number of methoxy groups -OCH3 is 1. The van der Waals surface area contributed by atoms with Gasteiger partial charge in [-0.3, -0.25) is 14.5 Å². The van der Waals surface area contributed by atoms with E-state index in [0.717, 1.165) is 39.3 Å². The Morgan fingerprint density at radius 1 is 1.15 bits per heavy atom. The molecule has 0 bridgehead atoms. The fourth-order valence-corrected chi connectivity index (χ4v) is 5.99. The highest BCUT2D eigenvalue weighted by molar-refractivity contribution is 14.1. The number of carbonyl (C=O) groups excluding carboxylic acids is 2. The molecule has 0 radical (unpaired) electrons. The van der Waals surface area contributed by atoms with Gasteiger partial charge in [-0.05, 0) is 89.4 Å². The van der Waals surface area contributed by atoms with Gasteiger partial charge in [-0.25, -0.2) is 0 Å². The van der Waals surface area contributed by atoms with Gasteiger partial charge in [-0.15, -0.1) is 0 Å². The lowest BCUT2D eigenvalue weighted by Gasteiger charge is -2.25. The van der Waals surface area contributed by atoms with Crippen LogP contribution in [0.5, 0.6) is 11.5 Å². The largest absolute Gasteiger partial charge is 0.493 e. The molecule has 1 aliphatic heterocycles. The quantitative estimate of drug-likeness (QED) is 0.268. The van der Waals surface area contributed by atoms with Crippen molar-refractivity contribution >= 4 is 51.6 Å². The van der Waals surface area contributed by atoms with Crippen molar-refractivity contribution in [1.29, 1.82) is 0 Å². The summed E-state index contributed by atoms with van der Waals surface area (Å²) in [4.78, 5) is 27.4. The van der Waals surface area contributed by atoms with Gasteiger partial charge in [0.1, 0.15) is 6.61 Å². The maximum absolute atomic E-state index is 12.9. The average Bonchev–Trinajstić information content (AvgIpc) is 3.06. The summed E-state index contributed by atoms with van der Waals surface area (Å²) in [6, 6.07) is 12.0. The van der Waals surface area contributed by atoms with Crippen LogP contribution in [0.1, 0.15) is 48.8 Å². The van der Waals surface area contributed by atoms with Crippen molar-refractivity contribution in [3.8, 4) is 11.5 Å². The molecule has 0 atom stereocenters. The van der Waals surface area contributed by atoms with Gasteiger partial charge in [0.25, 0.3) is 11.1 Å². The van der Waals surface area contributed by atoms with E-state index in [1.807, 2.05) is 24.3 Å². The minimum Gasteiger partial charge on any atom is -0.493 e. The molecule has 1 saturated heterocycles. The zero-order valence-corrected chi connectivity index (χ0v) is 21.9. The van der Waals surface area contributed by atoms with E-state index in [-0.39, 0.29) is 11.1 Å². The summed E-state index contributed by atoms with van der Waals surface area (Å²) < 4.78 is 12.5. The van der Waals surface area contributed by atoms with Gasteiger partial charge in [0.05, 0.1) is 15.6 Å². The van der Waals surface area contributed by atoms with Crippen molar-refractivity contribution in [3.05, 3.63) is 61.6 Å². The minimum atomic E-state index is -0.190. The Bertz CT molecular complexity index is 1080. The Kier molecular flexibility index (Phi) is 8.01. The van der Waals surface area contributed by atoms with E-state index in [1.54, 1.807) is 13.2 Å². The molecule has 7 heteroatoms. The zero-order chi connectivity index (χ0) is 23.4. The van der Waals surface area contributed by atoms with Crippen molar-refractivity contribution in [2.24, 2.45) is 5.92 Å². The summed E-state index contributed by atoms with van der Waals surface area (Å²) in [5.74, 6) is 1.51. The van der Waals surface area contributed by atoms with Crippen LogP contribution in [-0.2, 0) is 11.4 Å². The van der Waals surface area contributed by atoms with Crippen molar-refractivity contribution < 1.29 is 19.1 Å². The number of hydrogen-bond donors (Lipinski definition) is 0. The molecule has 0 N–H and O–H groups in total. The van der Waals surface area contributed by atoms with Crippen LogP contribution in [0, 0.1) is 16.4 Å². The first-order valence-corrected chi connectivity index (χ1v) is 13.2. The summed E-state index contributed by atoms with van der Waals surface area (Å²) in [5.41, 5.74) is 3.08. The molecule has 5 nitrogen and oxygen atoms in total. The summed E-state index contributed by atoms with van der Waals surface area (Å²) >= 11 is 3.24. The van der Waals surface area contributed by atoms with Gasteiger partial charge >= 0.3 is 0 Å². The van der Waals surface area contributed by atoms with Crippen LogP contribution in [0.15, 0.2) is 41.3 Å². The fraction of sp³-hybridized carbons (Fsp3) is 0.385. The van der Waals surface area contributed by atoms with Crippen LogP contribution in [0.2, 0.25) is 0 Å². The monoisotopic (exact) mass is 577 g/mol. The van der Waals surface area contributed by atoms with Gasteiger partial charge in [0, 0.05) is 6.54 Å². The smallest absolute Gasteiger partial charge is 0.293 e. The normalized spacial score (nSPS) is 18.3. The Morgan fingerprint density at radius 2 is 1.94 bits per heavy atom. The molecule has 2 amide bonds. The maximum atomic E-state index is 12.9. The van der Waals surface area contributed by atoms with Gasteiger partial charge in [0.15, 0.2) is 11.5 Å². The third kappa shape index (κ3) is 5.93. The molecule has 1 aliphatic carbocycles. The van der Waals surface area contributed by atoms with Crippen LogP contribution in [-0.4, -0.2) is 29.7 Å². The van der Waals surface area contributed by atoms with E-state index in [1.165, 1.54) is 29.7 Å². The molecule has 2 aromatic rings. The molecule has 1 saturated carbocycles. The number of ether oxygens (including phenoxy) is 2. The molecule has 0 unspecified atom stereocenters. The van der Waals surface area contributed by atoms with E-state index in [0.29, 0.717) is 35.5 Å². The molecule has 0 spiro atoms. The summed E-state index contributed by atoms with van der Waals surface area (Å²) in [5, 5.41) is -0.170. The number of imide groups is 1. The molecule has 2 aliphatic rings. The first-order valence-electron chi connectivity index (χ1n) is 11.3. The van der Waals surface area contributed by atoms with Crippen LogP contribution in [0.3, 0.4) is 0 Å². The number of amides is 2. The Morgan fingerprint density at radius 3 is 2.67 bits per heavy atom. The molecule has 2 aromatic carbocycles. The van der Waals surface area contributed by atoms with E-state index >= 15 is 0 Å². The second-order valence-electron chi connectivity index (χ2n) is 8.61. The highest BCUT2D eigenvalue weighted by atomic mass is 127. The molecule has 33 heavy (non-hydrogen) atoms. The van der Waals surface area contributed by atoms with Crippen molar-refractivity contribution in [2.75, 3.05) is 13.7 Å². The number of thioether (sulfide) groups is 1. The van der Waals surface area contributed by atoms with E-state index in [2.05, 4.69) is 41.6 Å². The molecular formula is C26H28INO4S. The lowest BCUT2D eigenvalue weighted by molar-refractivity contribution is -0.123. The van der Waals surface area contributed by atoms with Crippen LogP contribution in [0.4, 0.5) is 4.79 Å². The van der Waals surface area contributed by atoms with Crippen molar-refractivity contribution in [1.82, 2.24) is 4.90 Å². The van der Waals surface area contributed by atoms with Crippen molar-refractivity contribution in [3.63, 3.8) is 0 Å². The van der Waals surface area contributed by atoms with Gasteiger partial charge < -0.3 is 9.47 Å². The Labute approximate surface area is 213 Å². The Hall–Kier alpha value is -2.00. The van der Waals surface area contributed by atoms with Gasteiger partial charge in [0.2, 0.25) is 0 Å². The predicted octanol–water partition coefficient (Wildman–Crippen LogP) is 6.80. The van der Waals surface area contributed by atoms with Crippen LogP contribution >= 0.6 is 34.4 Å². The van der Waals surface area contributed by atoms with E-state index < -0.39 is 0 Å². The SMILES string of the molecule is COc1cc(/C=C2/SC(=O)N(CC3CCCCC3)C2=O)cc(I)c1OCc1cccc(C)c1. The summed E-state index contributed by atoms with van der Waals surface area (Å²) in [6.07, 6.45) is 7.60. The third-order valence-corrected chi connectivity index (χ3v) is 7.76. The van der Waals surface area contributed by atoms with Gasteiger partial charge in [-0.1, -0.05) is 49.1 Å². The molecular weight excluding hydrogens is 549 g/mol. The first kappa shape index (κ1) is 24.1. The predicted molar refractivity (Wildman–Crippen MR) is 140 cm³/mol. The fourth-order valence-electron chi connectivity index (χ4n) is 4.36.